The van der Waals surface area contributed by atoms with E-state index in [4.69, 9.17) is 9.47 Å². The van der Waals surface area contributed by atoms with E-state index in [1.165, 1.54) is 32.4 Å². The van der Waals surface area contributed by atoms with Crippen LogP contribution in [0.4, 0.5) is 13.2 Å². The van der Waals surface area contributed by atoms with Gasteiger partial charge in [0.2, 0.25) is 10.0 Å². The van der Waals surface area contributed by atoms with Crippen LogP contribution in [-0.2, 0) is 38.7 Å². The van der Waals surface area contributed by atoms with E-state index >= 15 is 0 Å². The van der Waals surface area contributed by atoms with Crippen LogP contribution in [0, 0.1) is 3.57 Å². The van der Waals surface area contributed by atoms with Crippen LogP contribution in [0.15, 0.2) is 65.6 Å². The predicted molar refractivity (Wildman–Crippen MR) is 142 cm³/mol. The van der Waals surface area contributed by atoms with Gasteiger partial charge in [0.05, 0.1) is 31.1 Å². The van der Waals surface area contributed by atoms with Crippen LogP contribution in [0.5, 0.6) is 5.75 Å². The summed E-state index contributed by atoms with van der Waals surface area (Å²) in [7, 11) is -1.32. The maximum absolute atomic E-state index is 13.6. The molecule has 0 radical (unpaired) electrons. The van der Waals surface area contributed by atoms with Gasteiger partial charge in [-0.1, -0.05) is 19.1 Å². The molecule has 0 fully saturated rings. The molecule has 37 heavy (non-hydrogen) atoms. The predicted octanol–water partition coefficient (Wildman–Crippen LogP) is 5.91. The van der Waals surface area contributed by atoms with Gasteiger partial charge in [-0.15, -0.1) is 0 Å². The molecule has 3 rings (SSSR count). The van der Waals surface area contributed by atoms with Crippen LogP contribution in [-0.4, -0.2) is 39.5 Å². The average Bonchev–Trinajstić information content (AvgIpc) is 2.86. The Hall–Kier alpha value is -2.64. The second-order valence-corrected chi connectivity index (χ2v) is 11.2. The summed E-state index contributed by atoms with van der Waals surface area (Å²) >= 11 is 2.05. The Morgan fingerprint density at radius 3 is 2.22 bits per heavy atom. The summed E-state index contributed by atoms with van der Waals surface area (Å²) in [6.45, 7) is 1.34. The average molecular weight is 647 g/mol. The number of hydrogen-bond donors (Lipinski definition) is 0. The molecule has 0 atom stereocenters. The number of sulfonamides is 1. The number of nitrogens with zero attached hydrogens (tertiary/aromatic N) is 1. The molecule has 3 aromatic rings. The summed E-state index contributed by atoms with van der Waals surface area (Å²) in [5, 5.41) is 0. The lowest BCUT2D eigenvalue weighted by atomic mass is 9.94. The monoisotopic (exact) mass is 647 g/mol. The first kappa shape index (κ1) is 28.9. The molecule has 3 aromatic carbocycles. The summed E-state index contributed by atoms with van der Waals surface area (Å²) in [6.07, 6.45) is -4.68. The number of ether oxygens (including phenoxy) is 2. The van der Waals surface area contributed by atoms with Crippen LogP contribution in [0.1, 0.15) is 23.6 Å². The van der Waals surface area contributed by atoms with Gasteiger partial charge in [0.1, 0.15) is 5.75 Å². The van der Waals surface area contributed by atoms with Gasteiger partial charge in [0, 0.05) is 22.2 Å². The fourth-order valence-corrected chi connectivity index (χ4v) is 5.58. The molecule has 0 saturated carbocycles. The van der Waals surface area contributed by atoms with Crippen molar-refractivity contribution in [3.05, 3.63) is 80.9 Å². The van der Waals surface area contributed by atoms with Crippen molar-refractivity contribution in [2.75, 3.05) is 20.8 Å². The molecule has 0 aliphatic heterocycles. The quantitative estimate of drug-likeness (QED) is 0.213. The smallest absolute Gasteiger partial charge is 0.416 e. The van der Waals surface area contributed by atoms with Crippen molar-refractivity contribution in [2.24, 2.45) is 0 Å². The van der Waals surface area contributed by atoms with Crippen LogP contribution >= 0.6 is 22.6 Å². The fourth-order valence-electron chi connectivity index (χ4n) is 3.79. The van der Waals surface area contributed by atoms with Crippen molar-refractivity contribution in [3.8, 4) is 16.9 Å². The highest BCUT2D eigenvalue weighted by atomic mass is 127. The Kier molecular flexibility index (Phi) is 9.24. The third kappa shape index (κ3) is 6.82. The Bertz CT molecular complexity index is 1380. The maximum Gasteiger partial charge on any atom is 0.416 e. The first-order valence-electron chi connectivity index (χ1n) is 11.1. The van der Waals surface area contributed by atoms with E-state index in [-0.39, 0.29) is 30.0 Å². The molecular weight excluding hydrogens is 622 g/mol. The fraction of sp³-hybridized carbons (Fsp3) is 0.269. The molecule has 0 aromatic heterocycles. The number of benzene rings is 3. The van der Waals surface area contributed by atoms with Gasteiger partial charge in [-0.05, 0) is 87.8 Å². The van der Waals surface area contributed by atoms with Crippen LogP contribution in [0.25, 0.3) is 11.1 Å². The highest BCUT2D eigenvalue weighted by Crippen LogP contribution is 2.38. The van der Waals surface area contributed by atoms with Crippen molar-refractivity contribution < 1.29 is 35.9 Å². The highest BCUT2D eigenvalue weighted by molar-refractivity contribution is 14.1. The third-order valence-corrected chi connectivity index (χ3v) is 8.37. The van der Waals surface area contributed by atoms with Crippen molar-refractivity contribution in [1.29, 1.82) is 0 Å². The molecule has 0 bridgehead atoms. The summed E-state index contributed by atoms with van der Waals surface area (Å²) in [4.78, 5) is 11.8. The minimum absolute atomic E-state index is 0.0313. The standard InChI is InChI=1S/C26H25F3INO5S/c1-4-31(37(33,34)21-9-7-20(30)8-10-21)16-18-15-19(26(27,28)29)6-11-22(18)23-13-17(14-25(32)36-3)5-12-24(23)35-2/h5-13,15H,4,14,16H2,1-3H3. The lowest BCUT2D eigenvalue weighted by molar-refractivity contribution is -0.140. The zero-order valence-electron chi connectivity index (χ0n) is 20.3. The summed E-state index contributed by atoms with van der Waals surface area (Å²) in [5.74, 6) is -0.123. The lowest BCUT2D eigenvalue weighted by Gasteiger charge is -2.24. The first-order valence-corrected chi connectivity index (χ1v) is 13.6. The summed E-state index contributed by atoms with van der Waals surface area (Å²) in [5.41, 5.74) is 0.577. The van der Waals surface area contributed by atoms with E-state index in [0.717, 1.165) is 20.0 Å². The van der Waals surface area contributed by atoms with E-state index in [9.17, 15) is 26.4 Å². The number of alkyl halides is 3. The van der Waals surface area contributed by atoms with Gasteiger partial charge in [-0.3, -0.25) is 4.79 Å². The summed E-state index contributed by atoms with van der Waals surface area (Å²) < 4.78 is 79.8. The number of hydrogen-bond acceptors (Lipinski definition) is 5. The van der Waals surface area contributed by atoms with Crippen LogP contribution in [0.3, 0.4) is 0 Å². The number of carbonyl (C=O) groups is 1. The molecule has 0 N–H and O–H groups in total. The Labute approximate surface area is 227 Å². The van der Waals surface area contributed by atoms with Gasteiger partial charge in [0.25, 0.3) is 0 Å². The van der Waals surface area contributed by atoms with Crippen molar-refractivity contribution in [3.63, 3.8) is 0 Å². The van der Waals surface area contributed by atoms with E-state index in [0.29, 0.717) is 22.4 Å². The van der Waals surface area contributed by atoms with Crippen molar-refractivity contribution in [1.82, 2.24) is 4.31 Å². The molecule has 6 nitrogen and oxygen atoms in total. The zero-order valence-corrected chi connectivity index (χ0v) is 23.3. The Morgan fingerprint density at radius 2 is 1.65 bits per heavy atom. The molecule has 0 unspecified atom stereocenters. The number of methoxy groups -OCH3 is 2. The second-order valence-electron chi connectivity index (χ2n) is 8.04. The molecule has 0 aliphatic rings. The number of esters is 1. The van der Waals surface area contributed by atoms with Gasteiger partial charge < -0.3 is 9.47 Å². The Morgan fingerprint density at radius 1 is 0.973 bits per heavy atom. The highest BCUT2D eigenvalue weighted by Gasteiger charge is 2.32. The molecule has 0 saturated heterocycles. The molecule has 0 spiro atoms. The lowest BCUT2D eigenvalue weighted by Crippen LogP contribution is -2.30. The third-order valence-electron chi connectivity index (χ3n) is 5.71. The minimum Gasteiger partial charge on any atom is -0.496 e. The van der Waals surface area contributed by atoms with E-state index in [1.54, 1.807) is 37.3 Å². The van der Waals surface area contributed by atoms with Crippen molar-refractivity contribution >= 4 is 38.6 Å². The zero-order chi connectivity index (χ0) is 27.4. The number of carbonyl (C=O) groups excluding carboxylic acids is 1. The summed E-state index contributed by atoms with van der Waals surface area (Å²) in [6, 6.07) is 14.3. The minimum atomic E-state index is -4.63. The molecule has 198 valence electrons. The van der Waals surface area contributed by atoms with Crippen LogP contribution in [0.2, 0.25) is 0 Å². The van der Waals surface area contributed by atoms with Crippen LogP contribution < -0.4 is 4.74 Å². The number of rotatable bonds is 9. The van der Waals surface area contributed by atoms with Gasteiger partial charge >= 0.3 is 12.1 Å². The molecule has 11 heteroatoms. The molecule has 0 aliphatic carbocycles. The van der Waals surface area contributed by atoms with E-state index in [2.05, 4.69) is 22.6 Å². The molecular formula is C26H25F3INO5S. The topological polar surface area (TPSA) is 72.9 Å². The molecule has 0 heterocycles. The first-order chi connectivity index (χ1) is 17.4. The maximum atomic E-state index is 13.6. The second kappa shape index (κ2) is 11.8. The SMILES string of the molecule is CCN(Cc1cc(C(F)(F)F)ccc1-c1cc(CC(=O)OC)ccc1OC)S(=O)(=O)c1ccc(I)cc1. The van der Waals surface area contributed by atoms with E-state index < -0.39 is 27.7 Å². The van der Waals surface area contributed by atoms with Crippen molar-refractivity contribution in [2.45, 2.75) is 31.0 Å². The molecule has 0 amide bonds. The largest absolute Gasteiger partial charge is 0.496 e. The number of halogens is 4. The van der Waals surface area contributed by atoms with E-state index in [1.807, 2.05) is 0 Å². The Balaban J connectivity index is 2.16. The van der Waals surface area contributed by atoms with Gasteiger partial charge in [0.15, 0.2) is 0 Å². The normalized spacial score (nSPS) is 12.0. The van der Waals surface area contributed by atoms with Gasteiger partial charge in [-0.2, -0.15) is 17.5 Å². The van der Waals surface area contributed by atoms with Gasteiger partial charge in [-0.25, -0.2) is 8.42 Å².